The molecule has 0 saturated carbocycles. The number of oxazole rings is 1. The molecule has 212 valence electrons. The zero-order chi connectivity index (χ0) is 29.0. The fourth-order valence-corrected chi connectivity index (χ4v) is 5.72. The van der Waals surface area contributed by atoms with E-state index in [0.29, 0.717) is 36.5 Å². The Balaban J connectivity index is 1.29. The molecule has 8 nitrogen and oxygen atoms in total. The van der Waals surface area contributed by atoms with Crippen LogP contribution in [0.5, 0.6) is 0 Å². The van der Waals surface area contributed by atoms with Crippen molar-refractivity contribution in [3.05, 3.63) is 95.9 Å². The fraction of sp³-hybridized carbons (Fsp3) is 0.281. The Bertz CT molecular complexity index is 1660. The van der Waals surface area contributed by atoms with Gasteiger partial charge in [0.1, 0.15) is 12.3 Å². The van der Waals surface area contributed by atoms with Crippen molar-refractivity contribution >= 4 is 10.0 Å². The summed E-state index contributed by atoms with van der Waals surface area (Å²) in [6, 6.07) is 23.4. The molecule has 9 heteroatoms. The van der Waals surface area contributed by atoms with Crippen LogP contribution in [-0.4, -0.2) is 37.3 Å². The fourth-order valence-electron chi connectivity index (χ4n) is 5.20. The first-order valence-electron chi connectivity index (χ1n) is 13.3. The largest absolute Gasteiger partial charge is 0.429 e. The van der Waals surface area contributed by atoms with E-state index in [1.54, 1.807) is 12.1 Å². The van der Waals surface area contributed by atoms with E-state index < -0.39 is 15.6 Å². The first-order chi connectivity index (χ1) is 19.6. The van der Waals surface area contributed by atoms with E-state index >= 15 is 0 Å². The van der Waals surface area contributed by atoms with E-state index in [2.05, 4.69) is 16.8 Å². The summed E-state index contributed by atoms with van der Waals surface area (Å²) in [7, 11) is -3.81. The molecular formula is C32H32N2O6S. The number of primary sulfonamides is 1. The highest BCUT2D eigenvalue weighted by Crippen LogP contribution is 2.37. The highest BCUT2D eigenvalue weighted by atomic mass is 32.2. The average molecular weight is 573 g/mol. The van der Waals surface area contributed by atoms with Gasteiger partial charge in [0.2, 0.25) is 10.0 Å². The maximum atomic E-state index is 11.7. The van der Waals surface area contributed by atoms with Crippen molar-refractivity contribution in [2.75, 3.05) is 6.61 Å². The van der Waals surface area contributed by atoms with E-state index in [4.69, 9.17) is 19.0 Å². The molecule has 1 aromatic heterocycles. The molecule has 1 fully saturated rings. The van der Waals surface area contributed by atoms with Crippen LogP contribution in [0.25, 0.3) is 22.6 Å². The molecule has 0 bridgehead atoms. The Morgan fingerprint density at radius 3 is 2.39 bits per heavy atom. The van der Waals surface area contributed by atoms with Gasteiger partial charge in [-0.25, -0.2) is 18.5 Å². The molecule has 3 N–H and O–H groups in total. The summed E-state index contributed by atoms with van der Waals surface area (Å²) in [6.07, 6.45) is 1.07. The van der Waals surface area contributed by atoms with Crippen molar-refractivity contribution in [1.82, 2.24) is 4.98 Å². The van der Waals surface area contributed by atoms with Crippen LogP contribution < -0.4 is 5.14 Å². The third-order valence-corrected chi connectivity index (χ3v) is 7.87. The monoisotopic (exact) mass is 572 g/mol. The molecule has 4 aromatic rings. The van der Waals surface area contributed by atoms with E-state index in [1.165, 1.54) is 12.1 Å². The third-order valence-electron chi connectivity index (χ3n) is 6.94. The number of aliphatic hydroxyl groups is 1. The molecule has 0 aliphatic carbocycles. The Morgan fingerprint density at radius 1 is 1.00 bits per heavy atom. The normalized spacial score (nSPS) is 20.8. The van der Waals surface area contributed by atoms with Gasteiger partial charge in [-0.05, 0) is 55.2 Å². The average Bonchev–Trinajstić information content (AvgIpc) is 3.37. The number of nitrogens with two attached hydrogens (primary N) is 1. The van der Waals surface area contributed by atoms with Crippen LogP contribution in [0.2, 0.25) is 0 Å². The predicted octanol–water partition coefficient (Wildman–Crippen LogP) is 5.00. The van der Waals surface area contributed by atoms with Crippen LogP contribution >= 0.6 is 0 Å². The lowest BCUT2D eigenvalue weighted by molar-refractivity contribution is -0.135. The Morgan fingerprint density at radius 2 is 1.71 bits per heavy atom. The van der Waals surface area contributed by atoms with Crippen LogP contribution in [0, 0.1) is 11.8 Å². The summed E-state index contributed by atoms with van der Waals surface area (Å²) in [5.41, 5.74) is 2.95. The van der Waals surface area contributed by atoms with E-state index in [1.807, 2.05) is 68.4 Å². The highest BCUT2D eigenvalue weighted by molar-refractivity contribution is 7.89. The van der Waals surface area contributed by atoms with Crippen LogP contribution in [0.15, 0.2) is 88.2 Å². The minimum absolute atomic E-state index is 0.00996. The molecule has 1 aliphatic rings. The quantitative estimate of drug-likeness (QED) is 0.236. The van der Waals surface area contributed by atoms with Crippen molar-refractivity contribution in [3.63, 3.8) is 0 Å². The zero-order valence-corrected chi connectivity index (χ0v) is 23.7. The smallest absolute Gasteiger partial charge is 0.274 e. The van der Waals surface area contributed by atoms with Crippen molar-refractivity contribution in [3.8, 4) is 34.4 Å². The number of hydrogen-bond donors (Lipinski definition) is 2. The summed E-state index contributed by atoms with van der Waals surface area (Å²) in [5.74, 6) is 6.55. The first-order valence-corrected chi connectivity index (χ1v) is 14.9. The highest BCUT2D eigenvalue weighted by Gasteiger charge is 2.38. The van der Waals surface area contributed by atoms with E-state index in [-0.39, 0.29) is 29.6 Å². The maximum Gasteiger partial charge on any atom is 0.274 e. The first kappa shape index (κ1) is 28.7. The van der Waals surface area contributed by atoms with Crippen LogP contribution in [0.4, 0.5) is 0 Å². The minimum Gasteiger partial charge on any atom is -0.429 e. The summed E-state index contributed by atoms with van der Waals surface area (Å²) >= 11 is 0. The number of sulfonamides is 1. The number of hydrogen-bond acceptors (Lipinski definition) is 7. The van der Waals surface area contributed by atoms with Crippen LogP contribution in [0.1, 0.15) is 43.7 Å². The predicted molar refractivity (Wildman–Crippen MR) is 155 cm³/mol. The van der Waals surface area contributed by atoms with Gasteiger partial charge < -0.3 is 19.0 Å². The molecule has 41 heavy (non-hydrogen) atoms. The Hall–Kier alpha value is -3.78. The molecule has 1 aliphatic heterocycles. The minimum atomic E-state index is -3.81. The molecule has 0 radical (unpaired) electrons. The summed E-state index contributed by atoms with van der Waals surface area (Å²) in [6.45, 7) is 4.45. The van der Waals surface area contributed by atoms with Crippen molar-refractivity contribution in [2.24, 2.45) is 5.14 Å². The standard InChI is InChI=1S/C32H32N2O6S/c1-22-19-32(35,20-23(2)39-22)27-11-6-8-24(18-27)21-38-17-7-12-29-34-30(25-9-4-3-5-10-25)31(40-29)26-13-15-28(16-14-26)41(33,36)37/h3-6,8-11,13-16,18,22-23,35H,17,19-21H2,1-2H3,(H2,33,36,37). The Kier molecular flexibility index (Phi) is 8.40. The second kappa shape index (κ2) is 12.0. The summed E-state index contributed by atoms with van der Waals surface area (Å²) < 4.78 is 40.9. The molecular weight excluding hydrogens is 540 g/mol. The van der Waals surface area contributed by atoms with Crippen molar-refractivity contribution in [1.29, 1.82) is 0 Å². The number of aromatic nitrogens is 1. The molecule has 2 unspecified atom stereocenters. The SMILES string of the molecule is CC1CC(O)(c2cccc(COCC#Cc3nc(-c4ccccc4)c(-c4ccc(S(N)(=O)=O)cc4)o3)c2)CC(C)O1. The van der Waals surface area contributed by atoms with Gasteiger partial charge in [0, 0.05) is 24.0 Å². The van der Waals surface area contributed by atoms with Gasteiger partial charge in [-0.3, -0.25) is 0 Å². The lowest BCUT2D eigenvalue weighted by atomic mass is 9.81. The van der Waals surface area contributed by atoms with Gasteiger partial charge in [0.25, 0.3) is 5.89 Å². The number of rotatable bonds is 7. The summed E-state index contributed by atoms with van der Waals surface area (Å²) in [5, 5.41) is 16.5. The number of nitrogens with zero attached hydrogens (tertiary/aromatic N) is 1. The molecule has 5 rings (SSSR count). The molecule has 1 saturated heterocycles. The van der Waals surface area contributed by atoms with Gasteiger partial charge >= 0.3 is 0 Å². The number of benzene rings is 3. The van der Waals surface area contributed by atoms with Gasteiger partial charge in [-0.1, -0.05) is 60.5 Å². The van der Waals surface area contributed by atoms with Crippen LogP contribution in [0.3, 0.4) is 0 Å². The van der Waals surface area contributed by atoms with E-state index in [9.17, 15) is 13.5 Å². The molecule has 0 amide bonds. The van der Waals surface area contributed by atoms with Crippen molar-refractivity contribution < 1.29 is 27.4 Å². The van der Waals surface area contributed by atoms with Crippen LogP contribution in [-0.2, 0) is 31.7 Å². The van der Waals surface area contributed by atoms with Gasteiger partial charge in [-0.15, -0.1) is 0 Å². The third kappa shape index (κ3) is 6.93. The van der Waals surface area contributed by atoms with Gasteiger partial charge in [0.05, 0.1) is 29.3 Å². The maximum absolute atomic E-state index is 11.7. The lowest BCUT2D eigenvalue weighted by Crippen LogP contribution is -2.41. The van der Waals surface area contributed by atoms with Gasteiger partial charge in [0.15, 0.2) is 5.76 Å². The zero-order valence-electron chi connectivity index (χ0n) is 22.9. The van der Waals surface area contributed by atoms with Gasteiger partial charge in [-0.2, -0.15) is 0 Å². The van der Waals surface area contributed by atoms with Crippen molar-refractivity contribution in [2.45, 2.75) is 56.0 Å². The molecule has 0 spiro atoms. The second-order valence-corrected chi connectivity index (χ2v) is 11.9. The number of ether oxygens (including phenoxy) is 2. The van der Waals surface area contributed by atoms with E-state index in [0.717, 1.165) is 16.7 Å². The second-order valence-electron chi connectivity index (χ2n) is 10.3. The summed E-state index contributed by atoms with van der Waals surface area (Å²) in [4.78, 5) is 4.60. The lowest BCUT2D eigenvalue weighted by Gasteiger charge is -2.39. The Labute approximate surface area is 240 Å². The molecule has 2 heterocycles. The topological polar surface area (TPSA) is 125 Å². The molecule has 3 aromatic carbocycles. The molecule has 2 atom stereocenters.